The summed E-state index contributed by atoms with van der Waals surface area (Å²) in [6.45, 7) is 5.50. The molecule has 1 atom stereocenters. The van der Waals surface area contributed by atoms with E-state index in [1.807, 2.05) is 0 Å². The van der Waals surface area contributed by atoms with Gasteiger partial charge in [0.15, 0.2) is 0 Å². The van der Waals surface area contributed by atoms with E-state index < -0.39 is 12.0 Å². The number of rotatable bonds is 3. The van der Waals surface area contributed by atoms with Crippen molar-refractivity contribution >= 4 is 12.0 Å². The van der Waals surface area contributed by atoms with E-state index in [1.54, 1.807) is 4.90 Å². The first-order valence-electron chi connectivity index (χ1n) is 6.07. The zero-order chi connectivity index (χ0) is 13.8. The van der Waals surface area contributed by atoms with Crippen molar-refractivity contribution in [1.82, 2.24) is 10.2 Å². The summed E-state index contributed by atoms with van der Waals surface area (Å²) < 4.78 is 0. The number of urea groups is 1. The largest absolute Gasteiger partial charge is 0.480 e. The molecule has 1 fully saturated rings. The highest BCUT2D eigenvalue weighted by atomic mass is 16.4. The van der Waals surface area contributed by atoms with Crippen LogP contribution in [0.3, 0.4) is 0 Å². The van der Waals surface area contributed by atoms with Crippen LogP contribution in [0.15, 0.2) is 0 Å². The van der Waals surface area contributed by atoms with E-state index in [2.05, 4.69) is 25.1 Å². The molecule has 2 N–H and O–H groups in total. The van der Waals surface area contributed by atoms with E-state index in [0.717, 1.165) is 12.8 Å². The van der Waals surface area contributed by atoms with Crippen molar-refractivity contribution < 1.29 is 14.7 Å². The quantitative estimate of drug-likeness (QED) is 0.744. The molecule has 1 aliphatic heterocycles. The first kappa shape index (κ1) is 14.4. The Morgan fingerprint density at radius 1 is 1.56 bits per heavy atom. The zero-order valence-electron chi connectivity index (χ0n) is 10.9. The second-order valence-electron chi connectivity index (χ2n) is 5.44. The lowest BCUT2D eigenvalue weighted by Crippen LogP contribution is -2.52. The third kappa shape index (κ3) is 3.95. The summed E-state index contributed by atoms with van der Waals surface area (Å²) in [6, 6.07) is -1.35. The van der Waals surface area contributed by atoms with Gasteiger partial charge in [-0.25, -0.2) is 9.59 Å². The normalized spacial score (nSPS) is 19.7. The molecule has 0 aromatic rings. The first-order chi connectivity index (χ1) is 8.35. The van der Waals surface area contributed by atoms with Gasteiger partial charge in [-0.2, -0.15) is 0 Å². The molecule has 2 amide bonds. The van der Waals surface area contributed by atoms with Gasteiger partial charge in [0.05, 0.1) is 0 Å². The van der Waals surface area contributed by atoms with Gasteiger partial charge < -0.3 is 15.3 Å². The van der Waals surface area contributed by atoms with E-state index in [-0.39, 0.29) is 17.9 Å². The minimum atomic E-state index is -1.10. The van der Waals surface area contributed by atoms with Crippen LogP contribution in [0.25, 0.3) is 0 Å². The van der Waals surface area contributed by atoms with Crippen LogP contribution in [-0.4, -0.2) is 41.1 Å². The van der Waals surface area contributed by atoms with Crippen LogP contribution in [0.2, 0.25) is 0 Å². The van der Waals surface area contributed by atoms with Crippen molar-refractivity contribution in [2.24, 2.45) is 5.41 Å². The fourth-order valence-corrected chi connectivity index (χ4v) is 2.15. The molecule has 0 radical (unpaired) electrons. The summed E-state index contributed by atoms with van der Waals surface area (Å²) in [5.74, 6) is 1.16. The number of hydrogen-bond acceptors (Lipinski definition) is 2. The van der Waals surface area contributed by atoms with Crippen molar-refractivity contribution in [2.75, 3.05) is 13.1 Å². The third-order valence-corrected chi connectivity index (χ3v) is 3.11. The fourth-order valence-electron chi connectivity index (χ4n) is 2.15. The van der Waals surface area contributed by atoms with Crippen LogP contribution < -0.4 is 5.32 Å². The summed E-state index contributed by atoms with van der Waals surface area (Å²) in [4.78, 5) is 24.5. The summed E-state index contributed by atoms with van der Waals surface area (Å²) in [5, 5.41) is 11.4. The molecule has 0 bridgehead atoms. The lowest BCUT2D eigenvalue weighted by Gasteiger charge is -2.38. The highest BCUT2D eigenvalue weighted by molar-refractivity contribution is 5.82. The average Bonchev–Trinajstić information content (AvgIpc) is 2.26. The molecule has 0 aliphatic carbocycles. The Balaban J connectivity index is 2.59. The Bertz CT molecular complexity index is 371. The summed E-state index contributed by atoms with van der Waals surface area (Å²) in [7, 11) is 0. The molecule has 5 heteroatoms. The maximum Gasteiger partial charge on any atom is 0.327 e. The zero-order valence-corrected chi connectivity index (χ0v) is 10.9. The molecule has 0 saturated carbocycles. The van der Waals surface area contributed by atoms with Crippen molar-refractivity contribution in [3.05, 3.63) is 0 Å². The van der Waals surface area contributed by atoms with Crippen LogP contribution in [0.5, 0.6) is 0 Å². The van der Waals surface area contributed by atoms with E-state index in [9.17, 15) is 9.59 Å². The number of piperidine rings is 1. The molecular weight excluding hydrogens is 232 g/mol. The highest BCUT2D eigenvalue weighted by Crippen LogP contribution is 2.28. The maximum atomic E-state index is 12.0. The molecule has 1 saturated heterocycles. The van der Waals surface area contributed by atoms with E-state index in [1.165, 1.54) is 0 Å². The number of nitrogens with zero attached hydrogens (tertiary/aromatic N) is 1. The predicted octanol–water partition coefficient (Wildman–Crippen LogP) is 1.29. The number of carbonyl (C=O) groups is 2. The minimum absolute atomic E-state index is 0.00168. The average molecular weight is 252 g/mol. The van der Waals surface area contributed by atoms with Crippen molar-refractivity contribution in [2.45, 2.75) is 39.2 Å². The summed E-state index contributed by atoms with van der Waals surface area (Å²) in [6.07, 6.45) is 7.10. The van der Waals surface area contributed by atoms with Crippen LogP contribution in [0.4, 0.5) is 4.79 Å². The molecule has 1 rings (SSSR count). The van der Waals surface area contributed by atoms with Gasteiger partial charge in [-0.15, -0.1) is 12.3 Å². The molecule has 1 heterocycles. The molecule has 0 aromatic heterocycles. The third-order valence-electron chi connectivity index (χ3n) is 3.11. The van der Waals surface area contributed by atoms with Crippen LogP contribution in [-0.2, 0) is 4.79 Å². The van der Waals surface area contributed by atoms with Crippen LogP contribution >= 0.6 is 0 Å². The Kier molecular flexibility index (Phi) is 4.60. The number of nitrogens with one attached hydrogen (secondary N) is 1. The second-order valence-corrected chi connectivity index (χ2v) is 5.44. The lowest BCUT2D eigenvalue weighted by molar-refractivity contribution is -0.139. The van der Waals surface area contributed by atoms with Crippen LogP contribution in [0.1, 0.15) is 33.1 Å². The van der Waals surface area contributed by atoms with Gasteiger partial charge in [0, 0.05) is 19.5 Å². The topological polar surface area (TPSA) is 69.6 Å². The maximum absolute atomic E-state index is 12.0. The minimum Gasteiger partial charge on any atom is -0.480 e. The van der Waals surface area contributed by atoms with E-state index in [4.69, 9.17) is 11.5 Å². The van der Waals surface area contributed by atoms with Gasteiger partial charge in [0.1, 0.15) is 6.04 Å². The molecule has 1 unspecified atom stereocenters. The molecule has 100 valence electrons. The molecule has 1 aliphatic rings. The number of likely N-dealkylation sites (tertiary alicyclic amines) is 1. The second kappa shape index (κ2) is 5.76. The number of carboxylic acid groups (broad SMARTS) is 1. The van der Waals surface area contributed by atoms with E-state index in [0.29, 0.717) is 13.1 Å². The van der Waals surface area contributed by atoms with Gasteiger partial charge in [-0.05, 0) is 18.3 Å². The van der Waals surface area contributed by atoms with Gasteiger partial charge in [0.25, 0.3) is 0 Å². The Morgan fingerprint density at radius 3 is 2.72 bits per heavy atom. The number of aliphatic carboxylic acids is 1. The number of carbonyl (C=O) groups excluding carboxylic acids is 1. The fraction of sp³-hybridized carbons (Fsp3) is 0.692. The molecule has 5 nitrogen and oxygen atoms in total. The van der Waals surface area contributed by atoms with Gasteiger partial charge in [-0.1, -0.05) is 13.8 Å². The predicted molar refractivity (Wildman–Crippen MR) is 68.0 cm³/mol. The Morgan fingerprint density at radius 2 is 2.22 bits per heavy atom. The first-order valence-corrected chi connectivity index (χ1v) is 6.07. The summed E-state index contributed by atoms with van der Waals surface area (Å²) in [5.41, 5.74) is 0.0838. The number of terminal acetylenes is 1. The SMILES string of the molecule is C#CCC(NC(=O)N1CCCC(C)(C)C1)C(=O)O. The molecule has 0 spiro atoms. The number of carboxylic acids is 1. The Hall–Kier alpha value is -1.70. The highest BCUT2D eigenvalue weighted by Gasteiger charge is 2.30. The van der Waals surface area contributed by atoms with Crippen LogP contribution in [0, 0.1) is 17.8 Å². The van der Waals surface area contributed by atoms with Crippen molar-refractivity contribution in [1.29, 1.82) is 0 Å². The molecular formula is C13H20N2O3. The Labute approximate surface area is 108 Å². The number of hydrogen-bond donors (Lipinski definition) is 2. The lowest BCUT2D eigenvalue weighted by atomic mass is 9.84. The summed E-state index contributed by atoms with van der Waals surface area (Å²) >= 11 is 0. The standard InChI is InChI=1S/C13H20N2O3/c1-4-6-10(11(16)17)14-12(18)15-8-5-7-13(2,3)9-15/h1,10H,5-9H2,2-3H3,(H,14,18)(H,16,17). The van der Waals surface area contributed by atoms with Gasteiger partial charge >= 0.3 is 12.0 Å². The smallest absolute Gasteiger partial charge is 0.327 e. The molecule has 0 aromatic carbocycles. The van der Waals surface area contributed by atoms with Gasteiger partial charge in [-0.3, -0.25) is 0 Å². The number of amides is 2. The monoisotopic (exact) mass is 252 g/mol. The van der Waals surface area contributed by atoms with Gasteiger partial charge in [0.2, 0.25) is 0 Å². The molecule has 18 heavy (non-hydrogen) atoms. The van der Waals surface area contributed by atoms with Crippen molar-refractivity contribution in [3.63, 3.8) is 0 Å². The van der Waals surface area contributed by atoms with E-state index >= 15 is 0 Å². The van der Waals surface area contributed by atoms with Crippen molar-refractivity contribution in [3.8, 4) is 12.3 Å².